The molecule has 0 saturated heterocycles. The van der Waals surface area contributed by atoms with Crippen molar-refractivity contribution in [1.29, 1.82) is 0 Å². The first kappa shape index (κ1) is 16.9. The Balaban J connectivity index is 1.60. The maximum absolute atomic E-state index is 13.6. The number of aromatic nitrogens is 2. The molecule has 0 radical (unpaired) electrons. The Bertz CT molecular complexity index is 886. The standard InChI is InChI=1S/C18H14ClFN4O/c19-14-6-3-5-12(10-14)18(25)22-17-9-8-16(23-24-17)21-11-13-4-1-2-7-15(13)20/h1-10H,11H2,(H,21,23)(H,22,24,25). The number of rotatable bonds is 5. The van der Waals surface area contributed by atoms with Gasteiger partial charge in [-0.25, -0.2) is 4.39 Å². The molecule has 0 aliphatic carbocycles. The van der Waals surface area contributed by atoms with Crippen LogP contribution in [0.25, 0.3) is 0 Å². The molecule has 3 aromatic rings. The van der Waals surface area contributed by atoms with Crippen LogP contribution in [0, 0.1) is 5.82 Å². The molecule has 0 unspecified atom stereocenters. The summed E-state index contributed by atoms with van der Waals surface area (Å²) in [6.07, 6.45) is 0. The summed E-state index contributed by atoms with van der Waals surface area (Å²) in [6.45, 7) is 0.287. The van der Waals surface area contributed by atoms with E-state index in [4.69, 9.17) is 11.6 Å². The summed E-state index contributed by atoms with van der Waals surface area (Å²) in [7, 11) is 0. The third-order valence-electron chi connectivity index (χ3n) is 3.41. The fourth-order valence-corrected chi connectivity index (χ4v) is 2.33. The summed E-state index contributed by atoms with van der Waals surface area (Å²) in [4.78, 5) is 12.1. The molecule has 2 N–H and O–H groups in total. The van der Waals surface area contributed by atoms with Crippen LogP contribution in [0.4, 0.5) is 16.0 Å². The number of hydrogen-bond acceptors (Lipinski definition) is 4. The molecular weight excluding hydrogens is 343 g/mol. The minimum atomic E-state index is -0.330. The molecule has 0 fully saturated rings. The Kier molecular flexibility index (Phi) is 5.20. The van der Waals surface area contributed by atoms with E-state index in [0.29, 0.717) is 27.8 Å². The highest BCUT2D eigenvalue weighted by Crippen LogP contribution is 2.14. The van der Waals surface area contributed by atoms with Crippen LogP contribution in [0.2, 0.25) is 5.02 Å². The van der Waals surface area contributed by atoms with E-state index in [1.54, 1.807) is 54.6 Å². The molecule has 7 heteroatoms. The first-order valence-corrected chi connectivity index (χ1v) is 7.87. The zero-order valence-corrected chi connectivity index (χ0v) is 13.8. The van der Waals surface area contributed by atoms with E-state index in [0.717, 1.165) is 0 Å². The number of nitrogens with one attached hydrogen (secondary N) is 2. The summed E-state index contributed by atoms with van der Waals surface area (Å²) >= 11 is 5.87. The second kappa shape index (κ2) is 7.72. The molecule has 0 aliphatic heterocycles. The van der Waals surface area contributed by atoms with Crippen LogP contribution in [-0.4, -0.2) is 16.1 Å². The average Bonchev–Trinajstić information content (AvgIpc) is 2.62. The zero-order valence-electron chi connectivity index (χ0n) is 13.0. The number of carbonyl (C=O) groups is 1. The van der Waals surface area contributed by atoms with Gasteiger partial charge in [0.25, 0.3) is 5.91 Å². The summed E-state index contributed by atoms with van der Waals surface area (Å²) in [5, 5.41) is 14.0. The molecule has 0 aliphatic rings. The molecule has 1 amide bonds. The minimum absolute atomic E-state index is 0.284. The van der Waals surface area contributed by atoms with E-state index < -0.39 is 0 Å². The monoisotopic (exact) mass is 356 g/mol. The predicted octanol–water partition coefficient (Wildman–Crippen LogP) is 4.13. The van der Waals surface area contributed by atoms with Crippen LogP contribution in [-0.2, 0) is 6.54 Å². The van der Waals surface area contributed by atoms with Crippen LogP contribution in [0.5, 0.6) is 0 Å². The van der Waals surface area contributed by atoms with Crippen molar-refractivity contribution in [3.05, 3.63) is 82.6 Å². The van der Waals surface area contributed by atoms with E-state index in [9.17, 15) is 9.18 Å². The van der Waals surface area contributed by atoms with Crippen molar-refractivity contribution in [1.82, 2.24) is 10.2 Å². The lowest BCUT2D eigenvalue weighted by molar-refractivity contribution is 0.102. The lowest BCUT2D eigenvalue weighted by atomic mass is 10.2. The Hall–Kier alpha value is -2.99. The maximum Gasteiger partial charge on any atom is 0.256 e. The van der Waals surface area contributed by atoms with E-state index in [1.165, 1.54) is 6.07 Å². The second-order valence-electron chi connectivity index (χ2n) is 5.21. The first-order chi connectivity index (χ1) is 12.1. The van der Waals surface area contributed by atoms with Crippen LogP contribution in [0.15, 0.2) is 60.7 Å². The van der Waals surface area contributed by atoms with E-state index in [-0.39, 0.29) is 18.3 Å². The topological polar surface area (TPSA) is 66.9 Å². The molecule has 1 heterocycles. The van der Waals surface area contributed by atoms with Gasteiger partial charge in [0.1, 0.15) is 11.6 Å². The summed E-state index contributed by atoms with van der Waals surface area (Å²) in [5.41, 5.74) is 0.957. The number of nitrogens with zero attached hydrogens (tertiary/aromatic N) is 2. The van der Waals surface area contributed by atoms with Gasteiger partial charge in [0.05, 0.1) is 0 Å². The molecule has 1 aromatic heterocycles. The summed E-state index contributed by atoms with van der Waals surface area (Å²) in [6, 6.07) is 16.4. The van der Waals surface area contributed by atoms with E-state index in [2.05, 4.69) is 20.8 Å². The second-order valence-corrected chi connectivity index (χ2v) is 5.65. The predicted molar refractivity (Wildman–Crippen MR) is 95.2 cm³/mol. The van der Waals surface area contributed by atoms with Gasteiger partial charge in [0.2, 0.25) is 0 Å². The van der Waals surface area contributed by atoms with Gasteiger partial charge in [0.15, 0.2) is 5.82 Å². The molecule has 2 aromatic carbocycles. The van der Waals surface area contributed by atoms with Gasteiger partial charge < -0.3 is 10.6 Å². The highest BCUT2D eigenvalue weighted by atomic mass is 35.5. The third-order valence-corrected chi connectivity index (χ3v) is 3.65. The van der Waals surface area contributed by atoms with Gasteiger partial charge in [0, 0.05) is 22.7 Å². The summed E-state index contributed by atoms with van der Waals surface area (Å²) in [5.74, 6) is 0.169. The molecule has 25 heavy (non-hydrogen) atoms. The largest absolute Gasteiger partial charge is 0.364 e. The molecular formula is C18H14ClFN4O. The van der Waals surface area contributed by atoms with Gasteiger partial charge in [-0.3, -0.25) is 4.79 Å². The SMILES string of the molecule is O=C(Nc1ccc(NCc2ccccc2F)nn1)c1cccc(Cl)c1. The third kappa shape index (κ3) is 4.51. The van der Waals surface area contributed by atoms with E-state index >= 15 is 0 Å². The molecule has 126 valence electrons. The lowest BCUT2D eigenvalue weighted by Gasteiger charge is -2.07. The molecule has 3 rings (SSSR count). The fourth-order valence-electron chi connectivity index (χ4n) is 2.14. The maximum atomic E-state index is 13.6. The number of hydrogen-bond donors (Lipinski definition) is 2. The zero-order chi connectivity index (χ0) is 17.6. The summed E-state index contributed by atoms with van der Waals surface area (Å²) < 4.78 is 13.6. The number of halogens is 2. The molecule has 0 spiro atoms. The van der Waals surface area contributed by atoms with Gasteiger partial charge in [-0.1, -0.05) is 35.9 Å². The molecule has 0 saturated carbocycles. The van der Waals surface area contributed by atoms with Crippen molar-refractivity contribution in [3.63, 3.8) is 0 Å². The van der Waals surface area contributed by atoms with Crippen LogP contribution < -0.4 is 10.6 Å². The molecule has 0 atom stereocenters. The van der Waals surface area contributed by atoms with Crippen molar-refractivity contribution in [2.24, 2.45) is 0 Å². The van der Waals surface area contributed by atoms with Crippen LogP contribution in [0.1, 0.15) is 15.9 Å². The van der Waals surface area contributed by atoms with Gasteiger partial charge >= 0.3 is 0 Å². The Morgan fingerprint density at radius 2 is 1.76 bits per heavy atom. The molecule has 5 nitrogen and oxygen atoms in total. The number of anilines is 2. The van der Waals surface area contributed by atoms with Crippen molar-refractivity contribution in [3.8, 4) is 0 Å². The van der Waals surface area contributed by atoms with Crippen molar-refractivity contribution < 1.29 is 9.18 Å². The van der Waals surface area contributed by atoms with Crippen molar-refractivity contribution in [2.45, 2.75) is 6.54 Å². The Morgan fingerprint density at radius 1 is 1.00 bits per heavy atom. The Morgan fingerprint density at radius 3 is 2.48 bits per heavy atom. The van der Waals surface area contributed by atoms with Gasteiger partial charge in [-0.2, -0.15) is 0 Å². The lowest BCUT2D eigenvalue weighted by Crippen LogP contribution is -2.13. The normalized spacial score (nSPS) is 10.3. The number of benzene rings is 2. The van der Waals surface area contributed by atoms with Crippen molar-refractivity contribution in [2.75, 3.05) is 10.6 Å². The minimum Gasteiger partial charge on any atom is -0.364 e. The van der Waals surface area contributed by atoms with Gasteiger partial charge in [-0.05, 0) is 36.4 Å². The number of amides is 1. The highest BCUT2D eigenvalue weighted by molar-refractivity contribution is 6.31. The van der Waals surface area contributed by atoms with E-state index in [1.807, 2.05) is 0 Å². The van der Waals surface area contributed by atoms with Crippen LogP contribution in [0.3, 0.4) is 0 Å². The smallest absolute Gasteiger partial charge is 0.256 e. The average molecular weight is 357 g/mol. The highest BCUT2D eigenvalue weighted by Gasteiger charge is 2.08. The first-order valence-electron chi connectivity index (χ1n) is 7.50. The van der Waals surface area contributed by atoms with Gasteiger partial charge in [-0.15, -0.1) is 10.2 Å². The van der Waals surface area contributed by atoms with Crippen molar-refractivity contribution >= 4 is 29.1 Å². The van der Waals surface area contributed by atoms with Crippen LogP contribution >= 0.6 is 11.6 Å². The molecule has 0 bridgehead atoms. The quantitative estimate of drug-likeness (QED) is 0.721. The Labute approximate surface area is 148 Å². The number of carbonyl (C=O) groups excluding carboxylic acids is 1. The fraction of sp³-hybridized carbons (Fsp3) is 0.0556.